The van der Waals surface area contributed by atoms with E-state index in [1.54, 1.807) is 24.3 Å². The second-order valence-electron chi connectivity index (χ2n) is 3.83. The summed E-state index contributed by atoms with van der Waals surface area (Å²) in [5, 5.41) is 11.9. The van der Waals surface area contributed by atoms with Crippen molar-refractivity contribution in [3.05, 3.63) is 29.3 Å². The molecule has 0 aliphatic carbocycles. The number of aliphatic hydroxyl groups is 1. The largest absolute Gasteiger partial charge is 0.494 e. The van der Waals surface area contributed by atoms with Gasteiger partial charge >= 0.3 is 0 Å². The molecular formula is C13H18ClNO3. The van der Waals surface area contributed by atoms with Crippen molar-refractivity contribution in [1.29, 1.82) is 0 Å². The van der Waals surface area contributed by atoms with Crippen LogP contribution in [0.3, 0.4) is 0 Å². The number of carbonyl (C=O) groups excluding carboxylic acids is 1. The minimum absolute atomic E-state index is 0.0110. The summed E-state index contributed by atoms with van der Waals surface area (Å²) in [6.45, 7) is 1.11. The van der Waals surface area contributed by atoms with E-state index in [2.05, 4.69) is 5.32 Å². The summed E-state index contributed by atoms with van der Waals surface area (Å²) in [6, 6.07) is 7.12. The first-order valence-electron chi connectivity index (χ1n) is 5.98. The van der Waals surface area contributed by atoms with Crippen molar-refractivity contribution in [1.82, 2.24) is 5.32 Å². The lowest BCUT2D eigenvalue weighted by molar-refractivity contribution is -0.121. The third kappa shape index (κ3) is 6.47. The highest BCUT2D eigenvalue weighted by atomic mass is 35.5. The van der Waals surface area contributed by atoms with Gasteiger partial charge in [0.25, 0.3) is 0 Å². The number of hydrogen-bond donors (Lipinski definition) is 2. The van der Waals surface area contributed by atoms with Crippen molar-refractivity contribution in [3.8, 4) is 5.75 Å². The number of carbonyl (C=O) groups is 1. The zero-order valence-corrected chi connectivity index (χ0v) is 10.9. The Kier molecular flexibility index (Phi) is 7.22. The molecular weight excluding hydrogens is 254 g/mol. The molecule has 0 saturated carbocycles. The van der Waals surface area contributed by atoms with Gasteiger partial charge in [-0.15, -0.1) is 0 Å². The summed E-state index contributed by atoms with van der Waals surface area (Å²) in [7, 11) is 0. The highest BCUT2D eigenvalue weighted by Crippen LogP contribution is 2.15. The Labute approximate surface area is 112 Å². The number of rotatable bonds is 8. The van der Waals surface area contributed by atoms with E-state index >= 15 is 0 Å². The van der Waals surface area contributed by atoms with Gasteiger partial charge in [-0.05, 0) is 37.1 Å². The molecule has 18 heavy (non-hydrogen) atoms. The molecule has 100 valence electrons. The Hall–Kier alpha value is -1.26. The van der Waals surface area contributed by atoms with E-state index in [0.29, 0.717) is 37.4 Å². The quantitative estimate of drug-likeness (QED) is 0.711. The van der Waals surface area contributed by atoms with Gasteiger partial charge in [-0.3, -0.25) is 4.79 Å². The van der Waals surface area contributed by atoms with Gasteiger partial charge in [0, 0.05) is 24.6 Å². The maximum Gasteiger partial charge on any atom is 0.220 e. The first-order valence-corrected chi connectivity index (χ1v) is 6.36. The number of nitrogens with one attached hydrogen (secondary N) is 1. The zero-order valence-electron chi connectivity index (χ0n) is 10.2. The summed E-state index contributed by atoms with van der Waals surface area (Å²) >= 11 is 5.75. The summed E-state index contributed by atoms with van der Waals surface area (Å²) in [5.74, 6) is 0.739. The highest BCUT2D eigenvalue weighted by molar-refractivity contribution is 6.30. The van der Waals surface area contributed by atoms with Crippen LogP contribution in [0, 0.1) is 0 Å². The number of amides is 1. The molecule has 5 heteroatoms. The van der Waals surface area contributed by atoms with Gasteiger partial charge in [-0.2, -0.15) is 0 Å². The fourth-order valence-electron chi connectivity index (χ4n) is 1.35. The molecule has 0 aliphatic heterocycles. The first-order chi connectivity index (χ1) is 8.72. The van der Waals surface area contributed by atoms with Crippen LogP contribution in [0.1, 0.15) is 19.3 Å². The molecule has 0 radical (unpaired) electrons. The van der Waals surface area contributed by atoms with E-state index in [-0.39, 0.29) is 12.5 Å². The average Bonchev–Trinajstić information content (AvgIpc) is 2.37. The smallest absolute Gasteiger partial charge is 0.220 e. The minimum atomic E-state index is -0.0110. The first kappa shape index (κ1) is 14.8. The Balaban J connectivity index is 2.07. The van der Waals surface area contributed by atoms with Crippen molar-refractivity contribution in [3.63, 3.8) is 0 Å². The van der Waals surface area contributed by atoms with Gasteiger partial charge < -0.3 is 15.2 Å². The molecule has 0 spiro atoms. The number of ether oxygens (including phenoxy) is 1. The topological polar surface area (TPSA) is 58.6 Å². The molecule has 0 unspecified atom stereocenters. The maximum atomic E-state index is 11.3. The molecule has 0 bridgehead atoms. The molecule has 1 rings (SSSR count). The van der Waals surface area contributed by atoms with Crippen LogP contribution in [0.15, 0.2) is 24.3 Å². The molecule has 1 amide bonds. The molecule has 0 aromatic heterocycles. The zero-order chi connectivity index (χ0) is 13.2. The van der Waals surface area contributed by atoms with Crippen LogP contribution in [0.4, 0.5) is 0 Å². The van der Waals surface area contributed by atoms with Gasteiger partial charge in [0.05, 0.1) is 6.61 Å². The van der Waals surface area contributed by atoms with Crippen molar-refractivity contribution in [2.24, 2.45) is 0 Å². The fraction of sp³-hybridized carbons (Fsp3) is 0.462. The standard InChI is InChI=1S/C13H18ClNO3/c14-11-4-6-12(7-5-11)18-10-1-3-13(17)15-8-2-9-16/h4-7,16H,1-3,8-10H2,(H,15,17). The number of halogens is 1. The molecule has 0 saturated heterocycles. The average molecular weight is 272 g/mol. The third-order valence-corrected chi connectivity index (χ3v) is 2.54. The fourth-order valence-corrected chi connectivity index (χ4v) is 1.47. The molecule has 1 aromatic carbocycles. The van der Waals surface area contributed by atoms with Crippen LogP contribution < -0.4 is 10.1 Å². The molecule has 4 nitrogen and oxygen atoms in total. The van der Waals surface area contributed by atoms with Gasteiger partial charge in [-0.1, -0.05) is 11.6 Å². The van der Waals surface area contributed by atoms with Crippen molar-refractivity contribution < 1.29 is 14.6 Å². The normalized spacial score (nSPS) is 10.1. The van der Waals surface area contributed by atoms with Crippen LogP contribution in [0.5, 0.6) is 5.75 Å². The van der Waals surface area contributed by atoms with E-state index in [1.165, 1.54) is 0 Å². The lowest BCUT2D eigenvalue weighted by Gasteiger charge is -2.06. The molecule has 0 atom stereocenters. The highest BCUT2D eigenvalue weighted by Gasteiger charge is 2.00. The minimum Gasteiger partial charge on any atom is -0.494 e. The molecule has 0 heterocycles. The van der Waals surface area contributed by atoms with Gasteiger partial charge in [0.1, 0.15) is 5.75 Å². The van der Waals surface area contributed by atoms with Crippen molar-refractivity contribution >= 4 is 17.5 Å². The summed E-state index contributed by atoms with van der Waals surface area (Å²) in [4.78, 5) is 11.3. The monoisotopic (exact) mass is 271 g/mol. The predicted octanol–water partition coefficient (Wildman–Crippen LogP) is 2.00. The maximum absolute atomic E-state index is 11.3. The number of benzene rings is 1. The summed E-state index contributed by atoms with van der Waals surface area (Å²) in [6.07, 6.45) is 1.68. The van der Waals surface area contributed by atoms with Crippen LogP contribution in [-0.4, -0.2) is 30.8 Å². The van der Waals surface area contributed by atoms with Crippen molar-refractivity contribution in [2.45, 2.75) is 19.3 Å². The molecule has 0 fully saturated rings. The van der Waals surface area contributed by atoms with E-state index in [0.717, 1.165) is 5.75 Å². The number of hydrogen-bond acceptors (Lipinski definition) is 3. The van der Waals surface area contributed by atoms with Gasteiger partial charge in [0.15, 0.2) is 0 Å². The molecule has 1 aromatic rings. The Bertz CT molecular complexity index is 354. The van der Waals surface area contributed by atoms with E-state index < -0.39 is 0 Å². The predicted molar refractivity (Wildman–Crippen MR) is 70.9 cm³/mol. The Morgan fingerprint density at radius 3 is 2.67 bits per heavy atom. The van der Waals surface area contributed by atoms with E-state index in [4.69, 9.17) is 21.4 Å². The lowest BCUT2D eigenvalue weighted by Crippen LogP contribution is -2.25. The summed E-state index contributed by atoms with van der Waals surface area (Å²) in [5.41, 5.74) is 0. The van der Waals surface area contributed by atoms with Gasteiger partial charge in [0.2, 0.25) is 5.91 Å². The van der Waals surface area contributed by atoms with E-state index in [9.17, 15) is 4.79 Å². The van der Waals surface area contributed by atoms with Crippen LogP contribution in [0.2, 0.25) is 5.02 Å². The third-order valence-electron chi connectivity index (χ3n) is 2.29. The van der Waals surface area contributed by atoms with Crippen LogP contribution >= 0.6 is 11.6 Å². The Morgan fingerprint density at radius 1 is 1.28 bits per heavy atom. The second kappa shape index (κ2) is 8.78. The second-order valence-corrected chi connectivity index (χ2v) is 4.27. The van der Waals surface area contributed by atoms with Crippen LogP contribution in [-0.2, 0) is 4.79 Å². The molecule has 0 aliphatic rings. The molecule has 2 N–H and O–H groups in total. The number of aliphatic hydroxyl groups excluding tert-OH is 1. The summed E-state index contributed by atoms with van der Waals surface area (Å²) < 4.78 is 5.46. The van der Waals surface area contributed by atoms with E-state index in [1.807, 2.05) is 0 Å². The van der Waals surface area contributed by atoms with Crippen molar-refractivity contribution in [2.75, 3.05) is 19.8 Å². The van der Waals surface area contributed by atoms with Crippen LogP contribution in [0.25, 0.3) is 0 Å². The lowest BCUT2D eigenvalue weighted by atomic mass is 10.3. The van der Waals surface area contributed by atoms with Gasteiger partial charge in [-0.25, -0.2) is 0 Å². The Morgan fingerprint density at radius 2 is 2.00 bits per heavy atom. The SMILES string of the molecule is O=C(CCCOc1ccc(Cl)cc1)NCCCO.